The van der Waals surface area contributed by atoms with Crippen LogP contribution in [-0.4, -0.2) is 55.4 Å². The van der Waals surface area contributed by atoms with Gasteiger partial charge in [-0.2, -0.15) is 0 Å². The van der Waals surface area contributed by atoms with Crippen molar-refractivity contribution in [2.75, 3.05) is 20.1 Å². The minimum absolute atomic E-state index is 0.0171. The monoisotopic (exact) mass is 373 g/mol. The summed E-state index contributed by atoms with van der Waals surface area (Å²) < 4.78 is 26.3. The molecule has 1 rings (SSSR count). The van der Waals surface area contributed by atoms with Gasteiger partial charge >= 0.3 is 5.97 Å². The maximum Gasteiger partial charge on any atom is 0.308 e. The highest BCUT2D eigenvalue weighted by atomic mass is 32.2. The second-order valence-corrected chi connectivity index (χ2v) is 7.18. The van der Waals surface area contributed by atoms with Crippen molar-refractivity contribution in [1.82, 2.24) is 9.62 Å². The minimum Gasteiger partial charge on any atom is -0.481 e. The zero-order valence-electron chi connectivity index (χ0n) is 13.7. The number of sulfonamides is 1. The third kappa shape index (κ3) is 6.12. The number of carbonyl (C=O) groups excluding carboxylic acids is 1. The Morgan fingerprint density at radius 2 is 1.88 bits per heavy atom. The normalized spacial score (nSPS) is 12.4. The summed E-state index contributed by atoms with van der Waals surface area (Å²) in [6, 6.07) is 4.34. The molecule has 0 aliphatic rings. The molecule has 1 aromatic carbocycles. The lowest BCUT2D eigenvalue weighted by Crippen LogP contribution is -2.36. The number of hydrogen-bond acceptors (Lipinski definition) is 6. The Morgan fingerprint density at radius 1 is 1.32 bits per heavy atom. The van der Waals surface area contributed by atoms with Crippen molar-refractivity contribution in [2.45, 2.75) is 18.2 Å². The summed E-state index contributed by atoms with van der Waals surface area (Å²) in [5.74, 6) is -2.16. The van der Waals surface area contributed by atoms with E-state index in [-0.39, 0.29) is 30.1 Å². The van der Waals surface area contributed by atoms with Crippen molar-refractivity contribution >= 4 is 27.6 Å². The molecule has 1 amide bonds. The predicted molar refractivity (Wildman–Crippen MR) is 87.3 cm³/mol. The molecule has 0 heterocycles. The van der Waals surface area contributed by atoms with E-state index in [1.807, 2.05) is 0 Å². The molecule has 0 aromatic heterocycles. The molecule has 10 nitrogen and oxygen atoms in total. The molecule has 25 heavy (non-hydrogen) atoms. The number of nitrogens with zero attached hydrogens (tertiary/aromatic N) is 2. The zero-order chi connectivity index (χ0) is 19.2. The van der Waals surface area contributed by atoms with Gasteiger partial charge in [0.25, 0.3) is 5.69 Å². The number of rotatable bonds is 9. The van der Waals surface area contributed by atoms with E-state index < -0.39 is 32.7 Å². The Balaban J connectivity index is 2.57. The Bertz CT molecular complexity index is 746. The lowest BCUT2D eigenvalue weighted by Gasteiger charge is -2.19. The molecule has 0 bridgehead atoms. The number of nitro groups is 1. The summed E-state index contributed by atoms with van der Waals surface area (Å²) in [4.78, 5) is 33.6. The van der Waals surface area contributed by atoms with Gasteiger partial charge in [0, 0.05) is 38.7 Å². The van der Waals surface area contributed by atoms with E-state index in [0.29, 0.717) is 0 Å². The van der Waals surface area contributed by atoms with Crippen LogP contribution in [0.25, 0.3) is 0 Å². The van der Waals surface area contributed by atoms with E-state index in [0.717, 1.165) is 24.3 Å². The molecule has 0 spiro atoms. The van der Waals surface area contributed by atoms with Gasteiger partial charge in [0.2, 0.25) is 15.9 Å². The number of benzene rings is 1. The van der Waals surface area contributed by atoms with Crippen molar-refractivity contribution in [3.8, 4) is 0 Å². The summed E-state index contributed by atoms with van der Waals surface area (Å²) in [7, 11) is -2.46. The molecule has 1 atom stereocenters. The van der Waals surface area contributed by atoms with Crippen LogP contribution in [0.3, 0.4) is 0 Å². The standard InChI is InChI=1S/C14H19N3O7S/c1-10(14(19)20)9-16(2)13(18)7-8-15-25(23,24)12-5-3-11(4-6-12)17(21)22/h3-6,10,15H,7-9H2,1-2H3,(H,19,20). The smallest absolute Gasteiger partial charge is 0.308 e. The molecule has 0 aliphatic heterocycles. The summed E-state index contributed by atoms with van der Waals surface area (Å²) in [6.07, 6.45) is -0.144. The van der Waals surface area contributed by atoms with Gasteiger partial charge < -0.3 is 10.0 Å². The van der Waals surface area contributed by atoms with Crippen LogP contribution in [-0.2, 0) is 19.6 Å². The van der Waals surface area contributed by atoms with Gasteiger partial charge in [-0.1, -0.05) is 6.92 Å². The maximum atomic E-state index is 12.0. The third-order valence-electron chi connectivity index (χ3n) is 3.38. The number of non-ortho nitro benzene ring substituents is 1. The number of carbonyl (C=O) groups is 2. The molecule has 138 valence electrons. The average Bonchev–Trinajstić information content (AvgIpc) is 2.54. The molecular formula is C14H19N3O7S. The first kappa shape index (κ1) is 20.5. The number of aliphatic carboxylic acids is 1. The van der Waals surface area contributed by atoms with Crippen LogP contribution in [0.1, 0.15) is 13.3 Å². The first-order chi connectivity index (χ1) is 11.5. The van der Waals surface area contributed by atoms with Crippen molar-refractivity contribution in [3.63, 3.8) is 0 Å². The third-order valence-corrected chi connectivity index (χ3v) is 4.86. The number of amides is 1. The van der Waals surface area contributed by atoms with Crippen molar-refractivity contribution < 1.29 is 28.0 Å². The van der Waals surface area contributed by atoms with Crippen LogP contribution in [0.4, 0.5) is 5.69 Å². The number of carboxylic acid groups (broad SMARTS) is 1. The number of hydrogen-bond donors (Lipinski definition) is 2. The maximum absolute atomic E-state index is 12.0. The largest absolute Gasteiger partial charge is 0.481 e. The Labute approximate surface area is 144 Å². The molecule has 0 fully saturated rings. The zero-order valence-corrected chi connectivity index (χ0v) is 14.5. The van der Waals surface area contributed by atoms with Gasteiger partial charge in [-0.15, -0.1) is 0 Å². The van der Waals surface area contributed by atoms with E-state index in [1.165, 1.54) is 18.9 Å². The molecular weight excluding hydrogens is 354 g/mol. The average molecular weight is 373 g/mol. The number of carboxylic acids is 1. The Kier molecular flexibility index (Phi) is 7.00. The van der Waals surface area contributed by atoms with E-state index in [2.05, 4.69) is 4.72 Å². The highest BCUT2D eigenvalue weighted by Gasteiger charge is 2.19. The molecule has 0 saturated carbocycles. The fraction of sp³-hybridized carbons (Fsp3) is 0.429. The molecule has 0 radical (unpaired) electrons. The molecule has 1 unspecified atom stereocenters. The van der Waals surface area contributed by atoms with Gasteiger partial charge in [-0.3, -0.25) is 19.7 Å². The van der Waals surface area contributed by atoms with Crippen LogP contribution in [0.2, 0.25) is 0 Å². The fourth-order valence-electron chi connectivity index (χ4n) is 1.90. The lowest BCUT2D eigenvalue weighted by molar-refractivity contribution is -0.384. The van der Waals surface area contributed by atoms with Crippen LogP contribution in [0.5, 0.6) is 0 Å². The summed E-state index contributed by atoms with van der Waals surface area (Å²) in [5, 5.41) is 19.4. The van der Waals surface area contributed by atoms with Crippen LogP contribution < -0.4 is 4.72 Å². The quantitative estimate of drug-likeness (QED) is 0.471. The van der Waals surface area contributed by atoms with E-state index in [4.69, 9.17) is 5.11 Å². The van der Waals surface area contributed by atoms with Crippen LogP contribution >= 0.6 is 0 Å². The molecule has 2 N–H and O–H groups in total. The Hall–Kier alpha value is -2.53. The summed E-state index contributed by atoms with van der Waals surface area (Å²) in [5.41, 5.74) is -0.233. The van der Waals surface area contributed by atoms with E-state index in [1.54, 1.807) is 0 Å². The fourth-order valence-corrected chi connectivity index (χ4v) is 2.94. The second-order valence-electron chi connectivity index (χ2n) is 5.41. The molecule has 11 heteroatoms. The highest BCUT2D eigenvalue weighted by molar-refractivity contribution is 7.89. The van der Waals surface area contributed by atoms with Crippen molar-refractivity contribution in [3.05, 3.63) is 34.4 Å². The van der Waals surface area contributed by atoms with Crippen molar-refractivity contribution in [2.24, 2.45) is 5.92 Å². The topological polar surface area (TPSA) is 147 Å². The van der Waals surface area contributed by atoms with Gasteiger partial charge in [0.05, 0.1) is 15.7 Å². The first-order valence-corrected chi connectivity index (χ1v) is 8.74. The first-order valence-electron chi connectivity index (χ1n) is 7.25. The van der Waals surface area contributed by atoms with Gasteiger partial charge in [-0.05, 0) is 12.1 Å². The SMILES string of the molecule is CC(CN(C)C(=O)CCNS(=O)(=O)c1ccc([N+](=O)[O-])cc1)C(=O)O. The Morgan fingerprint density at radius 3 is 2.36 bits per heavy atom. The van der Waals surface area contributed by atoms with Gasteiger partial charge in [0.15, 0.2) is 0 Å². The van der Waals surface area contributed by atoms with Gasteiger partial charge in [-0.25, -0.2) is 13.1 Å². The number of nitro benzene ring substituents is 1. The molecule has 0 aliphatic carbocycles. The summed E-state index contributed by atoms with van der Waals surface area (Å²) in [6.45, 7) is 1.30. The second kappa shape index (κ2) is 8.53. The van der Waals surface area contributed by atoms with Gasteiger partial charge in [0.1, 0.15) is 0 Å². The van der Waals surface area contributed by atoms with Crippen LogP contribution in [0.15, 0.2) is 29.2 Å². The molecule has 1 aromatic rings. The van der Waals surface area contributed by atoms with E-state index >= 15 is 0 Å². The summed E-state index contributed by atoms with van der Waals surface area (Å²) >= 11 is 0. The highest BCUT2D eigenvalue weighted by Crippen LogP contribution is 2.15. The van der Waals surface area contributed by atoms with Crippen LogP contribution in [0, 0.1) is 16.0 Å². The minimum atomic E-state index is -3.90. The lowest BCUT2D eigenvalue weighted by atomic mass is 10.2. The molecule has 0 saturated heterocycles. The van der Waals surface area contributed by atoms with E-state index in [9.17, 15) is 28.1 Å². The number of nitrogens with one attached hydrogen (secondary N) is 1. The predicted octanol–water partition coefficient (Wildman–Crippen LogP) is 0.442. The van der Waals surface area contributed by atoms with Crippen molar-refractivity contribution in [1.29, 1.82) is 0 Å².